The van der Waals surface area contributed by atoms with Gasteiger partial charge in [-0.25, -0.2) is 8.42 Å². The molecule has 124 valence electrons. The zero-order valence-electron chi connectivity index (χ0n) is 13.8. The van der Waals surface area contributed by atoms with Crippen molar-refractivity contribution < 1.29 is 13.2 Å². The molecule has 2 atom stereocenters. The van der Waals surface area contributed by atoms with Crippen LogP contribution in [0.5, 0.6) is 0 Å². The van der Waals surface area contributed by atoms with Crippen LogP contribution in [0.2, 0.25) is 0 Å². The second-order valence-electron chi connectivity index (χ2n) is 6.10. The van der Waals surface area contributed by atoms with Crippen molar-refractivity contribution in [3.05, 3.63) is 24.3 Å². The average molecular weight is 326 g/mol. The van der Waals surface area contributed by atoms with Crippen molar-refractivity contribution in [3.8, 4) is 0 Å². The van der Waals surface area contributed by atoms with E-state index in [0.717, 1.165) is 31.9 Å². The van der Waals surface area contributed by atoms with Gasteiger partial charge in [0.15, 0.2) is 9.84 Å². The van der Waals surface area contributed by atoms with E-state index in [1.807, 2.05) is 12.1 Å². The van der Waals surface area contributed by atoms with Gasteiger partial charge < -0.3 is 9.64 Å². The van der Waals surface area contributed by atoms with Gasteiger partial charge in [-0.05, 0) is 38.1 Å². The van der Waals surface area contributed by atoms with E-state index in [2.05, 4.69) is 23.6 Å². The molecule has 0 amide bonds. The zero-order chi connectivity index (χ0) is 16.3. The number of anilines is 1. The Morgan fingerprint density at radius 3 is 2.14 bits per heavy atom. The maximum atomic E-state index is 11.5. The van der Waals surface area contributed by atoms with Gasteiger partial charge in [0.2, 0.25) is 0 Å². The molecule has 5 nitrogen and oxygen atoms in total. The van der Waals surface area contributed by atoms with Crippen molar-refractivity contribution in [2.24, 2.45) is 0 Å². The number of hydrogen-bond donors (Lipinski definition) is 0. The normalized spacial score (nSPS) is 23.7. The highest BCUT2D eigenvalue weighted by Gasteiger charge is 2.29. The Morgan fingerprint density at radius 1 is 1.14 bits per heavy atom. The molecule has 1 fully saturated rings. The van der Waals surface area contributed by atoms with Crippen molar-refractivity contribution in [1.29, 1.82) is 0 Å². The predicted molar refractivity (Wildman–Crippen MR) is 89.3 cm³/mol. The van der Waals surface area contributed by atoms with E-state index in [1.54, 1.807) is 19.2 Å². The summed E-state index contributed by atoms with van der Waals surface area (Å²) in [5.74, 6) is 0. The predicted octanol–water partition coefficient (Wildman–Crippen LogP) is 1.64. The molecule has 0 aromatic heterocycles. The first-order valence-electron chi connectivity index (χ1n) is 7.62. The van der Waals surface area contributed by atoms with Gasteiger partial charge >= 0.3 is 0 Å². The third-order valence-electron chi connectivity index (χ3n) is 4.29. The van der Waals surface area contributed by atoms with Crippen LogP contribution in [0.25, 0.3) is 0 Å². The molecule has 0 N–H and O–H groups in total. The maximum Gasteiger partial charge on any atom is 0.175 e. The molecule has 0 bridgehead atoms. The highest BCUT2D eigenvalue weighted by Crippen LogP contribution is 2.23. The van der Waals surface area contributed by atoms with E-state index < -0.39 is 9.84 Å². The smallest absolute Gasteiger partial charge is 0.175 e. The van der Waals surface area contributed by atoms with Crippen LogP contribution >= 0.6 is 0 Å². The van der Waals surface area contributed by atoms with Gasteiger partial charge in [-0.1, -0.05) is 0 Å². The van der Waals surface area contributed by atoms with Crippen LogP contribution in [0.1, 0.15) is 13.8 Å². The van der Waals surface area contributed by atoms with Gasteiger partial charge in [-0.3, -0.25) is 4.90 Å². The van der Waals surface area contributed by atoms with E-state index in [9.17, 15) is 8.42 Å². The largest absolute Gasteiger partial charge is 0.383 e. The standard InChI is InChI=1S/C16H26N2O3S/c1-13-11-17(12-14(2)18(13)9-10-21-3)15-5-7-16(8-6-15)22(4,19)20/h5-8,13-14H,9-12H2,1-4H3/t13-,14+. The molecule has 1 aromatic carbocycles. The number of methoxy groups -OCH3 is 1. The maximum absolute atomic E-state index is 11.5. The summed E-state index contributed by atoms with van der Waals surface area (Å²) in [6, 6.07) is 8.07. The van der Waals surface area contributed by atoms with Gasteiger partial charge in [0.25, 0.3) is 0 Å². The minimum atomic E-state index is -3.13. The minimum absolute atomic E-state index is 0.371. The molecule has 0 radical (unpaired) electrons. The van der Waals surface area contributed by atoms with Crippen molar-refractivity contribution in [1.82, 2.24) is 4.90 Å². The third-order valence-corrected chi connectivity index (χ3v) is 5.41. The number of benzene rings is 1. The van der Waals surface area contributed by atoms with Crippen molar-refractivity contribution >= 4 is 15.5 Å². The Morgan fingerprint density at radius 2 is 1.68 bits per heavy atom. The average Bonchev–Trinajstić information content (AvgIpc) is 2.45. The quantitative estimate of drug-likeness (QED) is 0.823. The van der Waals surface area contributed by atoms with Gasteiger partial charge in [-0.15, -0.1) is 0 Å². The lowest BCUT2D eigenvalue weighted by atomic mass is 10.1. The summed E-state index contributed by atoms with van der Waals surface area (Å²) in [6.07, 6.45) is 1.24. The lowest BCUT2D eigenvalue weighted by molar-refractivity contribution is 0.0847. The summed E-state index contributed by atoms with van der Waals surface area (Å²) in [7, 11) is -1.40. The highest BCUT2D eigenvalue weighted by molar-refractivity contribution is 7.90. The fraction of sp³-hybridized carbons (Fsp3) is 0.625. The van der Waals surface area contributed by atoms with E-state index in [1.165, 1.54) is 6.26 Å². The molecule has 0 unspecified atom stereocenters. The summed E-state index contributed by atoms with van der Waals surface area (Å²) in [5, 5.41) is 0. The summed E-state index contributed by atoms with van der Waals surface area (Å²) >= 11 is 0. The van der Waals surface area contributed by atoms with Crippen molar-refractivity contribution in [2.75, 3.05) is 44.5 Å². The number of nitrogens with zero attached hydrogens (tertiary/aromatic N) is 2. The fourth-order valence-electron chi connectivity index (χ4n) is 3.11. The van der Waals surface area contributed by atoms with Crippen LogP contribution in [0.15, 0.2) is 29.2 Å². The molecule has 1 aliphatic heterocycles. The van der Waals surface area contributed by atoms with Crippen LogP contribution in [-0.4, -0.2) is 65.0 Å². The Kier molecular flexibility index (Phi) is 5.47. The van der Waals surface area contributed by atoms with Crippen LogP contribution < -0.4 is 4.90 Å². The van der Waals surface area contributed by atoms with Crippen LogP contribution in [0.3, 0.4) is 0 Å². The number of sulfone groups is 1. The Hall–Kier alpha value is -1.11. The summed E-state index contributed by atoms with van der Waals surface area (Å²) in [4.78, 5) is 5.16. The summed E-state index contributed by atoms with van der Waals surface area (Å²) in [5.41, 5.74) is 1.08. The van der Waals surface area contributed by atoms with Crippen LogP contribution in [0, 0.1) is 0 Å². The number of piperazine rings is 1. The Balaban J connectivity index is 2.08. The second-order valence-corrected chi connectivity index (χ2v) is 8.12. The molecule has 1 saturated heterocycles. The van der Waals surface area contributed by atoms with Crippen molar-refractivity contribution in [2.45, 2.75) is 30.8 Å². The van der Waals surface area contributed by atoms with E-state index >= 15 is 0 Å². The molecule has 22 heavy (non-hydrogen) atoms. The van der Waals surface area contributed by atoms with Crippen LogP contribution in [-0.2, 0) is 14.6 Å². The van der Waals surface area contributed by atoms with Gasteiger partial charge in [0.1, 0.15) is 0 Å². The first kappa shape index (κ1) is 17.2. The molecule has 6 heteroatoms. The zero-order valence-corrected chi connectivity index (χ0v) is 14.6. The first-order valence-corrected chi connectivity index (χ1v) is 9.52. The molecule has 0 aliphatic carbocycles. The van der Waals surface area contributed by atoms with E-state index in [4.69, 9.17) is 4.74 Å². The minimum Gasteiger partial charge on any atom is -0.383 e. The molecule has 1 aliphatic rings. The summed E-state index contributed by atoms with van der Waals surface area (Å²) < 4.78 is 28.3. The van der Waals surface area contributed by atoms with Gasteiger partial charge in [0, 0.05) is 50.8 Å². The Labute approximate surface area is 133 Å². The first-order chi connectivity index (χ1) is 10.3. The number of hydrogen-bond acceptors (Lipinski definition) is 5. The van der Waals surface area contributed by atoms with Crippen LogP contribution in [0.4, 0.5) is 5.69 Å². The summed E-state index contributed by atoms with van der Waals surface area (Å²) in [6.45, 7) is 8.02. The lowest BCUT2D eigenvalue weighted by Gasteiger charge is -2.45. The molecular weight excluding hydrogens is 300 g/mol. The SMILES string of the molecule is COCCN1[C@H](C)CN(c2ccc(S(C)(=O)=O)cc2)C[C@@H]1C. The molecule has 0 spiro atoms. The molecule has 1 aromatic rings. The topological polar surface area (TPSA) is 49.9 Å². The Bertz CT molecular complexity index is 574. The number of rotatable bonds is 5. The monoisotopic (exact) mass is 326 g/mol. The second kappa shape index (κ2) is 6.98. The van der Waals surface area contributed by atoms with Crippen molar-refractivity contribution in [3.63, 3.8) is 0 Å². The number of ether oxygens (including phenoxy) is 1. The highest BCUT2D eigenvalue weighted by atomic mass is 32.2. The molecule has 0 saturated carbocycles. The van der Waals surface area contributed by atoms with E-state index in [-0.39, 0.29) is 0 Å². The lowest BCUT2D eigenvalue weighted by Crippen LogP contribution is -2.57. The molecule has 2 rings (SSSR count). The fourth-order valence-corrected chi connectivity index (χ4v) is 3.74. The van der Waals surface area contributed by atoms with E-state index in [0.29, 0.717) is 17.0 Å². The van der Waals surface area contributed by atoms with Gasteiger partial charge in [0.05, 0.1) is 11.5 Å². The third kappa shape index (κ3) is 4.00. The molecule has 1 heterocycles. The van der Waals surface area contributed by atoms with Gasteiger partial charge in [-0.2, -0.15) is 0 Å². The molecular formula is C16H26N2O3S.